The third-order valence-electron chi connectivity index (χ3n) is 7.47. The molecule has 1 fully saturated rings. The van der Waals surface area contributed by atoms with Crippen molar-refractivity contribution >= 4 is 11.3 Å². The van der Waals surface area contributed by atoms with Crippen molar-refractivity contribution in [2.75, 3.05) is 5.32 Å². The van der Waals surface area contributed by atoms with E-state index >= 15 is 0 Å². The highest BCUT2D eigenvalue weighted by atomic mass is 15.0. The van der Waals surface area contributed by atoms with Gasteiger partial charge in [-0.15, -0.1) is 0 Å². The van der Waals surface area contributed by atoms with Crippen molar-refractivity contribution in [3.63, 3.8) is 0 Å². The highest BCUT2D eigenvalue weighted by Crippen LogP contribution is 2.57. The predicted octanol–water partition coefficient (Wildman–Crippen LogP) is 8.08. The molecule has 0 saturated heterocycles. The first-order valence-electron chi connectivity index (χ1n) is 11.8. The van der Waals surface area contributed by atoms with Crippen molar-refractivity contribution < 1.29 is 0 Å². The third-order valence-corrected chi connectivity index (χ3v) is 7.47. The van der Waals surface area contributed by atoms with Crippen molar-refractivity contribution in [3.05, 3.63) is 70.8 Å². The number of unbranched alkanes of at least 4 members (excludes halogenated alkanes) is 3. The van der Waals surface area contributed by atoms with Crippen molar-refractivity contribution in [1.82, 2.24) is 0 Å². The maximum atomic E-state index is 4.15. The molecule has 2 aliphatic carbocycles. The summed E-state index contributed by atoms with van der Waals surface area (Å²) in [5.41, 5.74) is 9.03. The molecule has 1 saturated carbocycles. The molecule has 0 unspecified atom stereocenters. The molecule has 0 aliphatic heterocycles. The van der Waals surface area contributed by atoms with Crippen LogP contribution in [0, 0.1) is 19.8 Å². The first-order chi connectivity index (χ1) is 14.2. The van der Waals surface area contributed by atoms with Gasteiger partial charge in [-0.2, -0.15) is 0 Å². The Bertz CT molecular complexity index is 863. The van der Waals surface area contributed by atoms with Crippen LogP contribution in [0.25, 0.3) is 5.57 Å². The van der Waals surface area contributed by atoms with E-state index in [9.17, 15) is 0 Å². The minimum absolute atomic E-state index is 0.111. The first kappa shape index (κ1) is 20.3. The Hall–Kier alpha value is -2.02. The Labute approximate surface area is 177 Å². The van der Waals surface area contributed by atoms with Crippen LogP contribution in [0.2, 0.25) is 0 Å². The zero-order valence-corrected chi connectivity index (χ0v) is 18.6. The van der Waals surface area contributed by atoms with Gasteiger partial charge in [0, 0.05) is 5.69 Å². The lowest BCUT2D eigenvalue weighted by molar-refractivity contribution is 0.453. The molecule has 2 aromatic carbocycles. The second-order valence-corrected chi connectivity index (χ2v) is 9.29. The van der Waals surface area contributed by atoms with Crippen LogP contribution >= 0.6 is 0 Å². The number of allylic oxidation sites excluding steroid dienone is 1. The average molecular weight is 388 g/mol. The van der Waals surface area contributed by atoms with Gasteiger partial charge in [-0.3, -0.25) is 0 Å². The van der Waals surface area contributed by atoms with Crippen molar-refractivity contribution in [3.8, 4) is 0 Å². The van der Waals surface area contributed by atoms with E-state index in [2.05, 4.69) is 74.6 Å². The first-order valence-corrected chi connectivity index (χ1v) is 11.8. The van der Waals surface area contributed by atoms with Crippen LogP contribution in [0.4, 0.5) is 5.69 Å². The fraction of sp³-hybridized carbons (Fsp3) is 0.500. The van der Waals surface area contributed by atoms with Crippen molar-refractivity contribution in [1.29, 1.82) is 0 Å². The number of anilines is 1. The van der Waals surface area contributed by atoms with E-state index in [0.29, 0.717) is 0 Å². The summed E-state index contributed by atoms with van der Waals surface area (Å²) in [6.45, 7) is 6.80. The van der Waals surface area contributed by atoms with Gasteiger partial charge >= 0.3 is 0 Å². The topological polar surface area (TPSA) is 12.0 Å². The summed E-state index contributed by atoms with van der Waals surface area (Å²) >= 11 is 0. The van der Waals surface area contributed by atoms with Gasteiger partial charge in [-0.1, -0.05) is 80.6 Å². The van der Waals surface area contributed by atoms with Crippen molar-refractivity contribution in [2.45, 2.75) is 84.1 Å². The number of hydrogen-bond acceptors (Lipinski definition) is 1. The van der Waals surface area contributed by atoms with E-state index in [1.54, 1.807) is 11.1 Å². The highest BCUT2D eigenvalue weighted by Gasteiger charge is 2.51. The predicted molar refractivity (Wildman–Crippen MR) is 126 cm³/mol. The summed E-state index contributed by atoms with van der Waals surface area (Å²) in [5, 5.41) is 4.15. The summed E-state index contributed by atoms with van der Waals surface area (Å²) in [6, 6.07) is 18.0. The zero-order chi connectivity index (χ0) is 20.3. The Balaban J connectivity index is 1.74. The number of hydrogen-bond donors (Lipinski definition) is 1. The molecule has 0 radical (unpaired) electrons. The minimum atomic E-state index is 0.111. The molecule has 0 aromatic heterocycles. The molecule has 154 valence electrons. The highest BCUT2D eigenvalue weighted by molar-refractivity contribution is 5.83. The van der Waals surface area contributed by atoms with Crippen LogP contribution in [0.15, 0.2) is 54.1 Å². The number of fused-ring (bicyclic) bond motifs is 1. The minimum Gasteiger partial charge on any atom is -0.375 e. The van der Waals surface area contributed by atoms with Crippen LogP contribution < -0.4 is 5.32 Å². The summed E-state index contributed by atoms with van der Waals surface area (Å²) in [5.74, 6) is 0.735. The van der Waals surface area contributed by atoms with Gasteiger partial charge in [0.05, 0.1) is 5.54 Å². The van der Waals surface area contributed by atoms with E-state index < -0.39 is 0 Å². The summed E-state index contributed by atoms with van der Waals surface area (Å²) < 4.78 is 0. The summed E-state index contributed by atoms with van der Waals surface area (Å²) in [6.07, 6.45) is 11.9. The quantitative estimate of drug-likeness (QED) is 0.451. The molecule has 0 bridgehead atoms. The van der Waals surface area contributed by atoms with E-state index in [-0.39, 0.29) is 5.54 Å². The second-order valence-electron chi connectivity index (χ2n) is 9.29. The molecule has 0 amide bonds. The summed E-state index contributed by atoms with van der Waals surface area (Å²) in [7, 11) is 0. The van der Waals surface area contributed by atoms with Crippen molar-refractivity contribution in [2.24, 2.45) is 5.92 Å². The lowest BCUT2D eigenvalue weighted by atomic mass is 9.81. The van der Waals surface area contributed by atoms with Crippen LogP contribution in [-0.2, 0) is 0 Å². The fourth-order valence-corrected chi connectivity index (χ4v) is 5.81. The lowest BCUT2D eigenvalue weighted by Crippen LogP contribution is -2.40. The molecule has 2 atom stereocenters. The normalized spacial score (nSPS) is 23.5. The summed E-state index contributed by atoms with van der Waals surface area (Å²) in [4.78, 5) is 0. The molecule has 2 aromatic rings. The van der Waals surface area contributed by atoms with E-state index in [4.69, 9.17) is 0 Å². The Morgan fingerprint density at radius 1 is 0.966 bits per heavy atom. The largest absolute Gasteiger partial charge is 0.375 e. The van der Waals surface area contributed by atoms with E-state index in [1.807, 2.05) is 0 Å². The lowest BCUT2D eigenvalue weighted by Gasteiger charge is -2.37. The Morgan fingerprint density at radius 3 is 2.59 bits per heavy atom. The van der Waals surface area contributed by atoms with Gasteiger partial charge in [0.15, 0.2) is 0 Å². The molecule has 0 heterocycles. The molecule has 1 heteroatoms. The number of benzene rings is 2. The van der Waals surface area contributed by atoms with Gasteiger partial charge in [-0.05, 0) is 80.2 Å². The molecule has 1 N–H and O–H groups in total. The molecule has 1 nitrogen and oxygen atoms in total. The maximum absolute atomic E-state index is 4.15. The van der Waals surface area contributed by atoms with Crippen LogP contribution in [0.5, 0.6) is 0 Å². The third kappa shape index (κ3) is 3.89. The SMILES string of the molecule is CCCCCCC1=C(c2ccccc2)[C@]2(Nc3cccc(C)c3C)CCC[C@@H]2C1. The van der Waals surface area contributed by atoms with Gasteiger partial charge in [0.25, 0.3) is 0 Å². The second kappa shape index (κ2) is 8.78. The van der Waals surface area contributed by atoms with Gasteiger partial charge in [-0.25, -0.2) is 0 Å². The monoisotopic (exact) mass is 387 g/mol. The fourth-order valence-electron chi connectivity index (χ4n) is 5.81. The molecule has 0 spiro atoms. The van der Waals surface area contributed by atoms with Gasteiger partial charge in [0.2, 0.25) is 0 Å². The number of nitrogens with one attached hydrogen (secondary N) is 1. The zero-order valence-electron chi connectivity index (χ0n) is 18.6. The Kier molecular flexibility index (Phi) is 6.13. The average Bonchev–Trinajstić information content (AvgIpc) is 3.24. The molecular weight excluding hydrogens is 350 g/mol. The Morgan fingerprint density at radius 2 is 1.79 bits per heavy atom. The van der Waals surface area contributed by atoms with Crippen LogP contribution in [0.3, 0.4) is 0 Å². The molecular formula is C28H37N. The van der Waals surface area contributed by atoms with Crippen LogP contribution in [-0.4, -0.2) is 5.54 Å². The standard InChI is InChI=1S/C28H37N/c1-4-5-6-8-16-24-20-25-17-12-19-28(25,27(24)23-14-9-7-10-15-23)29-26-18-11-13-21(2)22(26)3/h7,9-11,13-15,18,25,29H,4-6,8,12,16-17,19-20H2,1-3H3/t25-,28+/m1/s1. The van der Waals surface area contributed by atoms with Gasteiger partial charge < -0.3 is 5.32 Å². The van der Waals surface area contributed by atoms with Gasteiger partial charge in [0.1, 0.15) is 0 Å². The van der Waals surface area contributed by atoms with E-state index in [1.165, 1.54) is 80.2 Å². The number of aryl methyl sites for hydroxylation is 1. The smallest absolute Gasteiger partial charge is 0.0661 e. The number of rotatable bonds is 8. The van der Waals surface area contributed by atoms with Crippen LogP contribution in [0.1, 0.15) is 81.4 Å². The molecule has 4 rings (SSSR count). The van der Waals surface area contributed by atoms with E-state index in [0.717, 1.165) is 5.92 Å². The maximum Gasteiger partial charge on any atom is 0.0661 e. The molecule has 2 aliphatic rings. The molecule has 29 heavy (non-hydrogen) atoms.